The number of carbonyl (C=O) groups is 2. The van der Waals surface area contributed by atoms with Crippen LogP contribution in [0.3, 0.4) is 0 Å². The van der Waals surface area contributed by atoms with Crippen LogP contribution in [0.4, 0.5) is 11.4 Å². The van der Waals surface area contributed by atoms with Crippen molar-refractivity contribution in [3.8, 4) is 5.75 Å². The van der Waals surface area contributed by atoms with Gasteiger partial charge in [-0.1, -0.05) is 18.2 Å². The van der Waals surface area contributed by atoms with Gasteiger partial charge in [0, 0.05) is 17.4 Å². The average molecular weight is 413 g/mol. The molecule has 0 aliphatic rings. The lowest BCUT2D eigenvalue weighted by molar-refractivity contribution is 0.0991. The summed E-state index contributed by atoms with van der Waals surface area (Å²) in [5.41, 5.74) is 1.61. The lowest BCUT2D eigenvalue weighted by atomic mass is 10.2. The SMILES string of the molecule is O=C(Nc1cccnc1)c1ccc(NC(=O)c2ccc(COc3ccccc3)o2)cc1. The number of furan rings is 1. The van der Waals surface area contributed by atoms with Crippen molar-refractivity contribution < 1.29 is 18.7 Å². The second-order valence-corrected chi connectivity index (χ2v) is 6.59. The predicted octanol–water partition coefficient (Wildman–Crippen LogP) is 4.76. The van der Waals surface area contributed by atoms with Gasteiger partial charge in [0.2, 0.25) is 0 Å². The number of nitrogens with zero attached hydrogens (tertiary/aromatic N) is 1. The maximum Gasteiger partial charge on any atom is 0.291 e. The van der Waals surface area contributed by atoms with Gasteiger partial charge in [-0.15, -0.1) is 0 Å². The van der Waals surface area contributed by atoms with Gasteiger partial charge in [0.1, 0.15) is 18.1 Å². The largest absolute Gasteiger partial charge is 0.486 e. The van der Waals surface area contributed by atoms with Gasteiger partial charge in [0.15, 0.2) is 5.76 Å². The minimum atomic E-state index is -0.390. The third-order valence-corrected chi connectivity index (χ3v) is 4.33. The highest BCUT2D eigenvalue weighted by molar-refractivity contribution is 6.05. The van der Waals surface area contributed by atoms with Gasteiger partial charge in [-0.05, 0) is 60.7 Å². The summed E-state index contributed by atoms with van der Waals surface area (Å²) >= 11 is 0. The molecule has 31 heavy (non-hydrogen) atoms. The summed E-state index contributed by atoms with van der Waals surface area (Å²) in [4.78, 5) is 28.7. The summed E-state index contributed by atoms with van der Waals surface area (Å²) in [7, 11) is 0. The normalized spacial score (nSPS) is 10.3. The predicted molar refractivity (Wildman–Crippen MR) is 116 cm³/mol. The summed E-state index contributed by atoms with van der Waals surface area (Å²) in [6.45, 7) is 0.220. The molecule has 0 fully saturated rings. The van der Waals surface area contributed by atoms with Gasteiger partial charge in [0.05, 0.1) is 11.9 Å². The molecule has 2 amide bonds. The molecular formula is C24H19N3O4. The number of amides is 2. The lowest BCUT2D eigenvalue weighted by Crippen LogP contribution is -2.13. The molecule has 7 nitrogen and oxygen atoms in total. The molecule has 7 heteroatoms. The van der Waals surface area contributed by atoms with Gasteiger partial charge in [-0.3, -0.25) is 14.6 Å². The van der Waals surface area contributed by atoms with Crippen molar-refractivity contribution >= 4 is 23.2 Å². The molecule has 0 saturated heterocycles. The molecular weight excluding hydrogens is 394 g/mol. The van der Waals surface area contributed by atoms with Crippen LogP contribution in [-0.2, 0) is 6.61 Å². The van der Waals surface area contributed by atoms with Gasteiger partial charge < -0.3 is 19.8 Å². The van der Waals surface area contributed by atoms with E-state index in [0.717, 1.165) is 5.75 Å². The molecule has 154 valence electrons. The number of hydrogen-bond donors (Lipinski definition) is 2. The number of ether oxygens (including phenoxy) is 1. The van der Waals surface area contributed by atoms with Gasteiger partial charge in [-0.25, -0.2) is 0 Å². The molecule has 0 atom stereocenters. The molecule has 0 saturated carbocycles. The Kier molecular flexibility index (Phi) is 6.04. The first-order valence-corrected chi connectivity index (χ1v) is 9.57. The van der Waals surface area contributed by atoms with E-state index in [4.69, 9.17) is 9.15 Å². The van der Waals surface area contributed by atoms with Crippen LogP contribution in [0.25, 0.3) is 0 Å². The number of benzene rings is 2. The van der Waals surface area contributed by atoms with Gasteiger partial charge >= 0.3 is 0 Å². The van der Waals surface area contributed by atoms with Crippen molar-refractivity contribution in [3.05, 3.63) is 108 Å². The summed E-state index contributed by atoms with van der Waals surface area (Å²) in [5.74, 6) is 0.775. The molecule has 0 unspecified atom stereocenters. The fourth-order valence-electron chi connectivity index (χ4n) is 2.79. The fourth-order valence-corrected chi connectivity index (χ4v) is 2.79. The number of nitrogens with one attached hydrogen (secondary N) is 2. The van der Waals surface area contributed by atoms with Crippen molar-refractivity contribution in [1.29, 1.82) is 0 Å². The van der Waals surface area contributed by atoms with Crippen molar-refractivity contribution in [1.82, 2.24) is 4.98 Å². The second kappa shape index (κ2) is 9.41. The zero-order valence-electron chi connectivity index (χ0n) is 16.4. The first-order valence-electron chi connectivity index (χ1n) is 9.57. The van der Waals surface area contributed by atoms with E-state index in [1.54, 1.807) is 60.9 Å². The highest BCUT2D eigenvalue weighted by Gasteiger charge is 2.13. The Bertz CT molecular complexity index is 1160. The highest BCUT2D eigenvalue weighted by Crippen LogP contribution is 2.16. The molecule has 2 heterocycles. The van der Waals surface area contributed by atoms with Gasteiger partial charge in [-0.2, -0.15) is 0 Å². The van der Waals surface area contributed by atoms with E-state index in [1.165, 1.54) is 0 Å². The summed E-state index contributed by atoms with van der Waals surface area (Å²) < 4.78 is 11.2. The number of anilines is 2. The number of pyridine rings is 1. The number of aromatic nitrogens is 1. The molecule has 0 radical (unpaired) electrons. The van der Waals surface area contributed by atoms with Crippen LogP contribution in [0, 0.1) is 0 Å². The zero-order valence-corrected chi connectivity index (χ0v) is 16.4. The molecule has 4 rings (SSSR count). The van der Waals surface area contributed by atoms with Crippen molar-refractivity contribution in [2.45, 2.75) is 6.61 Å². The molecule has 0 aliphatic carbocycles. The van der Waals surface area contributed by atoms with Crippen LogP contribution in [0.15, 0.2) is 95.7 Å². The van der Waals surface area contributed by atoms with Crippen LogP contribution in [0.2, 0.25) is 0 Å². The zero-order chi connectivity index (χ0) is 21.5. The molecule has 0 aliphatic heterocycles. The minimum absolute atomic E-state index is 0.171. The van der Waals surface area contributed by atoms with Crippen LogP contribution < -0.4 is 15.4 Å². The standard InChI is InChI=1S/C24H19N3O4/c28-23(27-19-5-4-14-25-15-19)17-8-10-18(11-9-17)26-24(29)22-13-12-21(31-22)16-30-20-6-2-1-3-7-20/h1-15H,16H2,(H,26,29)(H,27,28). The minimum Gasteiger partial charge on any atom is -0.486 e. The van der Waals surface area contributed by atoms with E-state index >= 15 is 0 Å². The van der Waals surface area contributed by atoms with Crippen LogP contribution in [0.1, 0.15) is 26.7 Å². The topological polar surface area (TPSA) is 93.5 Å². The third-order valence-electron chi connectivity index (χ3n) is 4.33. The van der Waals surface area contributed by atoms with Crippen LogP contribution >= 0.6 is 0 Å². The van der Waals surface area contributed by atoms with Crippen LogP contribution in [0.5, 0.6) is 5.75 Å². The second-order valence-electron chi connectivity index (χ2n) is 6.59. The molecule has 0 spiro atoms. The summed E-state index contributed by atoms with van der Waals surface area (Å²) in [6.07, 6.45) is 3.19. The number of carbonyl (C=O) groups excluding carboxylic acids is 2. The van der Waals surface area contributed by atoms with Crippen molar-refractivity contribution in [2.24, 2.45) is 0 Å². The van der Waals surface area contributed by atoms with Crippen molar-refractivity contribution in [2.75, 3.05) is 10.6 Å². The Labute approximate surface area is 178 Å². The van der Waals surface area contributed by atoms with E-state index in [0.29, 0.717) is 22.7 Å². The Balaban J connectivity index is 1.32. The van der Waals surface area contributed by atoms with E-state index in [2.05, 4.69) is 15.6 Å². The number of para-hydroxylation sites is 1. The van der Waals surface area contributed by atoms with Gasteiger partial charge in [0.25, 0.3) is 11.8 Å². The molecule has 2 aromatic heterocycles. The smallest absolute Gasteiger partial charge is 0.291 e. The number of rotatable bonds is 7. The Morgan fingerprint density at radius 1 is 0.806 bits per heavy atom. The summed E-state index contributed by atoms with van der Waals surface area (Å²) in [5, 5.41) is 5.50. The van der Waals surface area contributed by atoms with Crippen molar-refractivity contribution in [3.63, 3.8) is 0 Å². The molecule has 2 aromatic carbocycles. The summed E-state index contributed by atoms with van der Waals surface area (Å²) in [6, 6.07) is 22.7. The molecule has 2 N–H and O–H groups in total. The monoisotopic (exact) mass is 413 g/mol. The Hall–Kier alpha value is -4.39. The molecule has 0 bridgehead atoms. The van der Waals surface area contributed by atoms with Crippen LogP contribution in [-0.4, -0.2) is 16.8 Å². The highest BCUT2D eigenvalue weighted by atomic mass is 16.5. The number of hydrogen-bond acceptors (Lipinski definition) is 5. The maximum atomic E-state index is 12.4. The Morgan fingerprint density at radius 3 is 2.32 bits per heavy atom. The first-order chi connectivity index (χ1) is 15.2. The lowest BCUT2D eigenvalue weighted by Gasteiger charge is -2.07. The maximum absolute atomic E-state index is 12.4. The van der Waals surface area contributed by atoms with E-state index in [-0.39, 0.29) is 18.3 Å². The average Bonchev–Trinajstić information content (AvgIpc) is 3.29. The van der Waals surface area contributed by atoms with E-state index in [1.807, 2.05) is 30.3 Å². The first kappa shape index (κ1) is 19.9. The van der Waals surface area contributed by atoms with E-state index in [9.17, 15) is 9.59 Å². The molecule has 4 aromatic rings. The fraction of sp³-hybridized carbons (Fsp3) is 0.0417. The Morgan fingerprint density at radius 2 is 1.58 bits per heavy atom. The van der Waals surface area contributed by atoms with E-state index < -0.39 is 5.91 Å². The third kappa shape index (κ3) is 5.36. The quantitative estimate of drug-likeness (QED) is 0.456.